The monoisotopic (exact) mass is 440 g/mol. The number of rotatable bonds is 8. The molecule has 0 unspecified atom stereocenters. The van der Waals surface area contributed by atoms with E-state index in [0.29, 0.717) is 16.5 Å². The van der Waals surface area contributed by atoms with Gasteiger partial charge < -0.3 is 15.0 Å². The minimum Gasteiger partial charge on any atom is -0.492 e. The third kappa shape index (κ3) is 6.16. The summed E-state index contributed by atoms with van der Waals surface area (Å²) in [5.74, 6) is -0.229. The van der Waals surface area contributed by atoms with Crippen molar-refractivity contribution >= 4 is 29.1 Å². The second-order valence-electron chi connectivity index (χ2n) is 6.63. The molecule has 0 saturated carbocycles. The van der Waals surface area contributed by atoms with Crippen molar-refractivity contribution in [3.05, 3.63) is 87.8 Å². The molecule has 3 aromatic rings. The molecule has 2 amide bonds. The second kappa shape index (κ2) is 10.4. The van der Waals surface area contributed by atoms with E-state index in [2.05, 4.69) is 10.4 Å². The minimum absolute atomic E-state index is 0.0485. The Morgan fingerprint density at radius 2 is 1.77 bits per heavy atom. The third-order valence-electron chi connectivity index (χ3n) is 4.28. The Hall–Kier alpha value is -3.65. The van der Waals surface area contributed by atoms with Gasteiger partial charge in [0.05, 0.1) is 23.8 Å². The standard InChI is InChI=1S/C22H21ClN4O4/c1-26(15-20(28)24-18-10-6-5-9-17(18)23)22(30)19-11-12-21(29)27(25-19)13-14-31-16-7-3-2-4-8-16/h2-12H,13-15H2,1H3,(H,24,28). The molecule has 31 heavy (non-hydrogen) atoms. The summed E-state index contributed by atoms with van der Waals surface area (Å²) in [7, 11) is 1.48. The average molecular weight is 441 g/mol. The van der Waals surface area contributed by atoms with Crippen LogP contribution in [0.15, 0.2) is 71.5 Å². The van der Waals surface area contributed by atoms with Gasteiger partial charge in [-0.1, -0.05) is 41.9 Å². The summed E-state index contributed by atoms with van der Waals surface area (Å²) in [5.41, 5.74) is 0.153. The first kappa shape index (κ1) is 22.0. The van der Waals surface area contributed by atoms with E-state index in [4.69, 9.17) is 16.3 Å². The number of nitrogens with one attached hydrogen (secondary N) is 1. The van der Waals surface area contributed by atoms with Gasteiger partial charge >= 0.3 is 0 Å². The minimum atomic E-state index is -0.493. The summed E-state index contributed by atoms with van der Waals surface area (Å²) in [6, 6.07) is 18.6. The van der Waals surface area contributed by atoms with Crippen LogP contribution in [0.1, 0.15) is 10.5 Å². The predicted molar refractivity (Wildman–Crippen MR) is 117 cm³/mol. The molecule has 0 fully saturated rings. The van der Waals surface area contributed by atoms with E-state index in [1.165, 1.54) is 24.1 Å². The fourth-order valence-electron chi connectivity index (χ4n) is 2.72. The van der Waals surface area contributed by atoms with Crippen LogP contribution in [0.25, 0.3) is 0 Å². The molecule has 2 aromatic carbocycles. The number of benzene rings is 2. The normalized spacial score (nSPS) is 10.4. The fourth-order valence-corrected chi connectivity index (χ4v) is 2.91. The first-order chi connectivity index (χ1) is 14.9. The summed E-state index contributed by atoms with van der Waals surface area (Å²) >= 11 is 6.03. The molecule has 0 saturated heterocycles. The second-order valence-corrected chi connectivity index (χ2v) is 7.04. The maximum Gasteiger partial charge on any atom is 0.274 e. The molecule has 0 spiro atoms. The number of nitrogens with zero attached hydrogens (tertiary/aromatic N) is 3. The number of amides is 2. The van der Waals surface area contributed by atoms with Crippen molar-refractivity contribution in [3.8, 4) is 5.75 Å². The topological polar surface area (TPSA) is 93.5 Å². The maximum absolute atomic E-state index is 12.7. The summed E-state index contributed by atoms with van der Waals surface area (Å²) in [5, 5.41) is 7.16. The highest BCUT2D eigenvalue weighted by molar-refractivity contribution is 6.33. The van der Waals surface area contributed by atoms with Gasteiger partial charge in [-0.25, -0.2) is 4.68 Å². The molecule has 0 aliphatic carbocycles. The average Bonchev–Trinajstić information content (AvgIpc) is 2.77. The molecule has 1 aromatic heterocycles. The van der Waals surface area contributed by atoms with E-state index < -0.39 is 11.8 Å². The molecular weight excluding hydrogens is 420 g/mol. The molecule has 8 nitrogen and oxygen atoms in total. The Kier molecular flexibility index (Phi) is 7.40. The number of likely N-dealkylation sites (N-methyl/N-ethyl adjacent to an activating group) is 1. The molecular formula is C22H21ClN4O4. The van der Waals surface area contributed by atoms with Crippen molar-refractivity contribution in [1.82, 2.24) is 14.7 Å². The zero-order valence-electron chi connectivity index (χ0n) is 16.8. The molecule has 0 bridgehead atoms. The first-order valence-electron chi connectivity index (χ1n) is 9.50. The summed E-state index contributed by atoms with van der Waals surface area (Å²) in [6.07, 6.45) is 0. The molecule has 0 radical (unpaired) electrons. The van der Waals surface area contributed by atoms with Gasteiger partial charge in [0, 0.05) is 13.1 Å². The van der Waals surface area contributed by atoms with Crippen molar-refractivity contribution in [2.45, 2.75) is 6.54 Å². The highest BCUT2D eigenvalue weighted by Gasteiger charge is 2.18. The Morgan fingerprint density at radius 1 is 1.06 bits per heavy atom. The highest BCUT2D eigenvalue weighted by atomic mass is 35.5. The fraction of sp³-hybridized carbons (Fsp3) is 0.182. The number of aromatic nitrogens is 2. The quantitative estimate of drug-likeness (QED) is 0.581. The van der Waals surface area contributed by atoms with Crippen molar-refractivity contribution in [2.75, 3.05) is 25.5 Å². The molecule has 0 atom stereocenters. The molecule has 1 N–H and O–H groups in total. The number of anilines is 1. The SMILES string of the molecule is CN(CC(=O)Nc1ccccc1Cl)C(=O)c1ccc(=O)n(CCOc2ccccc2)n1. The maximum atomic E-state index is 12.7. The highest BCUT2D eigenvalue weighted by Crippen LogP contribution is 2.20. The van der Waals surface area contributed by atoms with E-state index >= 15 is 0 Å². The van der Waals surface area contributed by atoms with Crippen molar-refractivity contribution in [1.29, 1.82) is 0 Å². The largest absolute Gasteiger partial charge is 0.492 e. The van der Waals surface area contributed by atoms with Gasteiger partial charge in [-0.3, -0.25) is 14.4 Å². The zero-order valence-corrected chi connectivity index (χ0v) is 17.6. The lowest BCUT2D eigenvalue weighted by atomic mass is 10.3. The summed E-state index contributed by atoms with van der Waals surface area (Å²) in [4.78, 5) is 38.2. The van der Waals surface area contributed by atoms with E-state index in [-0.39, 0.29) is 30.9 Å². The van der Waals surface area contributed by atoms with Crippen LogP contribution in [0.2, 0.25) is 5.02 Å². The number of para-hydroxylation sites is 2. The Bertz CT molecular complexity index is 1120. The molecule has 9 heteroatoms. The molecule has 160 valence electrons. The van der Waals surface area contributed by atoms with Gasteiger partial charge in [-0.2, -0.15) is 5.10 Å². The van der Waals surface area contributed by atoms with Gasteiger partial charge in [-0.05, 0) is 30.3 Å². The summed E-state index contributed by atoms with van der Waals surface area (Å²) < 4.78 is 6.73. The smallest absolute Gasteiger partial charge is 0.274 e. The van der Waals surface area contributed by atoms with E-state index in [0.717, 1.165) is 4.68 Å². The van der Waals surface area contributed by atoms with Crippen LogP contribution in [0.3, 0.4) is 0 Å². The van der Waals surface area contributed by atoms with Crippen LogP contribution in [0.5, 0.6) is 5.75 Å². The summed E-state index contributed by atoms with van der Waals surface area (Å²) in [6.45, 7) is 0.179. The van der Waals surface area contributed by atoms with Gasteiger partial charge in [0.15, 0.2) is 0 Å². The van der Waals surface area contributed by atoms with E-state index in [1.807, 2.05) is 18.2 Å². The Balaban J connectivity index is 1.60. The molecule has 3 rings (SSSR count). The van der Waals surface area contributed by atoms with Gasteiger partial charge in [-0.15, -0.1) is 0 Å². The van der Waals surface area contributed by atoms with Crippen LogP contribution in [-0.2, 0) is 11.3 Å². The Morgan fingerprint density at radius 3 is 2.52 bits per heavy atom. The van der Waals surface area contributed by atoms with E-state index in [9.17, 15) is 14.4 Å². The number of halogens is 1. The van der Waals surface area contributed by atoms with Crippen molar-refractivity contribution < 1.29 is 14.3 Å². The van der Waals surface area contributed by atoms with Crippen LogP contribution in [0, 0.1) is 0 Å². The molecule has 1 heterocycles. The lowest BCUT2D eigenvalue weighted by molar-refractivity contribution is -0.116. The van der Waals surface area contributed by atoms with Crippen LogP contribution < -0.4 is 15.6 Å². The first-order valence-corrected chi connectivity index (χ1v) is 9.87. The Labute approximate surface area is 184 Å². The lowest BCUT2D eigenvalue weighted by Gasteiger charge is -2.17. The third-order valence-corrected chi connectivity index (χ3v) is 4.61. The zero-order chi connectivity index (χ0) is 22.2. The predicted octanol–water partition coefficient (Wildman–Crippen LogP) is 2.69. The van der Waals surface area contributed by atoms with Crippen LogP contribution in [0.4, 0.5) is 5.69 Å². The van der Waals surface area contributed by atoms with E-state index in [1.54, 1.807) is 36.4 Å². The molecule has 0 aliphatic heterocycles. The molecule has 0 aliphatic rings. The van der Waals surface area contributed by atoms with Gasteiger partial charge in [0.2, 0.25) is 5.91 Å². The number of hydrogen-bond donors (Lipinski definition) is 1. The lowest BCUT2D eigenvalue weighted by Crippen LogP contribution is -2.37. The van der Waals surface area contributed by atoms with Gasteiger partial charge in [0.1, 0.15) is 18.1 Å². The number of carbonyl (C=O) groups is 2. The van der Waals surface area contributed by atoms with Crippen molar-refractivity contribution in [3.63, 3.8) is 0 Å². The van der Waals surface area contributed by atoms with Crippen LogP contribution >= 0.6 is 11.6 Å². The number of ether oxygens (including phenoxy) is 1. The van der Waals surface area contributed by atoms with Crippen LogP contribution in [-0.4, -0.2) is 46.7 Å². The van der Waals surface area contributed by atoms with Gasteiger partial charge in [0.25, 0.3) is 11.5 Å². The van der Waals surface area contributed by atoms with Crippen molar-refractivity contribution in [2.24, 2.45) is 0 Å². The number of hydrogen-bond acceptors (Lipinski definition) is 5. The number of carbonyl (C=O) groups excluding carboxylic acids is 2.